The molecule has 3 aromatic carbocycles. The summed E-state index contributed by atoms with van der Waals surface area (Å²) in [5.41, 5.74) is 2.46. The van der Waals surface area contributed by atoms with Crippen LogP contribution in [0, 0.1) is 11.6 Å². The number of nitrogens with one attached hydrogen (secondary N) is 1. The van der Waals surface area contributed by atoms with Gasteiger partial charge in [-0.15, -0.1) is 0 Å². The quantitative estimate of drug-likeness (QED) is 0.486. The van der Waals surface area contributed by atoms with Crippen LogP contribution in [0.2, 0.25) is 0 Å². The molecule has 0 radical (unpaired) electrons. The first-order valence-corrected chi connectivity index (χ1v) is 12.4. The number of thioether (sulfide) groups is 1. The van der Waals surface area contributed by atoms with Gasteiger partial charge in [-0.2, -0.15) is 10.1 Å². The van der Waals surface area contributed by atoms with E-state index in [1.54, 1.807) is 30.3 Å². The number of hydrogen-bond acceptors (Lipinski definition) is 6. The molecular weight excluding hydrogens is 498 g/mol. The van der Waals surface area contributed by atoms with Crippen molar-refractivity contribution < 1.29 is 23.1 Å². The van der Waals surface area contributed by atoms with Crippen LogP contribution >= 0.6 is 11.8 Å². The summed E-state index contributed by atoms with van der Waals surface area (Å²) >= 11 is 1.14. The monoisotopic (exact) mass is 520 g/mol. The van der Waals surface area contributed by atoms with E-state index in [2.05, 4.69) is 10.3 Å². The lowest BCUT2D eigenvalue weighted by atomic mass is 9.98. The highest BCUT2D eigenvalue weighted by molar-refractivity contribution is 8.15. The Morgan fingerprint density at radius 3 is 2.51 bits per heavy atom. The fourth-order valence-corrected chi connectivity index (χ4v) is 5.19. The van der Waals surface area contributed by atoms with E-state index in [0.29, 0.717) is 17.3 Å². The van der Waals surface area contributed by atoms with Gasteiger partial charge in [-0.05, 0) is 47.5 Å². The topological polar surface area (TPSA) is 83.4 Å². The van der Waals surface area contributed by atoms with Crippen molar-refractivity contribution in [1.82, 2.24) is 5.01 Å². The molecule has 2 aliphatic rings. The van der Waals surface area contributed by atoms with Crippen molar-refractivity contribution in [2.24, 2.45) is 10.1 Å². The van der Waals surface area contributed by atoms with Gasteiger partial charge in [0.1, 0.15) is 22.6 Å². The SMILES string of the molecule is COc1ccc([C@@H]2CC(c3ccc(F)cc3)=NN2C2=NC(=O)[C@H](CC(=O)Nc3ccccc3F)S2)cc1. The summed E-state index contributed by atoms with van der Waals surface area (Å²) in [5, 5.41) is 8.53. The van der Waals surface area contributed by atoms with Gasteiger partial charge in [-0.25, -0.2) is 13.8 Å². The molecule has 0 fully saturated rings. The first-order valence-electron chi connectivity index (χ1n) is 11.5. The minimum absolute atomic E-state index is 0.0525. The molecule has 10 heteroatoms. The van der Waals surface area contributed by atoms with Crippen LogP contribution < -0.4 is 10.1 Å². The number of halogens is 2. The van der Waals surface area contributed by atoms with Crippen molar-refractivity contribution >= 4 is 40.1 Å². The van der Waals surface area contributed by atoms with Crippen molar-refractivity contribution in [2.45, 2.75) is 24.1 Å². The summed E-state index contributed by atoms with van der Waals surface area (Å²) in [6, 6.07) is 19.2. The molecule has 3 aromatic rings. The number of rotatable bonds is 6. The maximum Gasteiger partial charge on any atom is 0.262 e. The summed E-state index contributed by atoms with van der Waals surface area (Å²) in [4.78, 5) is 29.4. The van der Waals surface area contributed by atoms with E-state index in [0.717, 1.165) is 28.6 Å². The van der Waals surface area contributed by atoms with Gasteiger partial charge in [0.15, 0.2) is 5.17 Å². The molecule has 1 N–H and O–H groups in total. The number of carbonyl (C=O) groups is 2. The number of nitrogens with zero attached hydrogens (tertiary/aromatic N) is 3. The Hall–Kier alpha value is -4.05. The largest absolute Gasteiger partial charge is 0.497 e. The smallest absolute Gasteiger partial charge is 0.262 e. The molecular formula is C27H22F2N4O3S. The third kappa shape index (κ3) is 5.39. The minimum atomic E-state index is -0.761. The van der Waals surface area contributed by atoms with Gasteiger partial charge in [-0.1, -0.05) is 48.2 Å². The van der Waals surface area contributed by atoms with E-state index in [4.69, 9.17) is 9.84 Å². The van der Waals surface area contributed by atoms with Gasteiger partial charge in [0.25, 0.3) is 5.91 Å². The lowest BCUT2D eigenvalue weighted by Gasteiger charge is -2.23. The Kier molecular flexibility index (Phi) is 7.00. The molecule has 0 aromatic heterocycles. The van der Waals surface area contributed by atoms with Crippen LogP contribution in [0.4, 0.5) is 14.5 Å². The predicted molar refractivity (Wildman–Crippen MR) is 139 cm³/mol. The highest BCUT2D eigenvalue weighted by Gasteiger charge is 2.39. The maximum atomic E-state index is 13.9. The number of para-hydroxylation sites is 1. The van der Waals surface area contributed by atoms with Crippen molar-refractivity contribution in [1.29, 1.82) is 0 Å². The summed E-state index contributed by atoms with van der Waals surface area (Å²) in [6.45, 7) is 0. The van der Waals surface area contributed by atoms with Crippen LogP contribution in [0.15, 0.2) is 82.9 Å². The number of anilines is 1. The molecule has 0 saturated heterocycles. The van der Waals surface area contributed by atoms with Crippen LogP contribution in [0.5, 0.6) is 5.75 Å². The molecule has 7 nitrogen and oxygen atoms in total. The molecule has 0 aliphatic carbocycles. The zero-order valence-electron chi connectivity index (χ0n) is 19.7. The van der Waals surface area contributed by atoms with Crippen LogP contribution in [-0.2, 0) is 9.59 Å². The third-order valence-corrected chi connectivity index (χ3v) is 7.17. The van der Waals surface area contributed by atoms with Gasteiger partial charge in [0.2, 0.25) is 5.91 Å². The molecule has 2 atom stereocenters. The predicted octanol–water partition coefficient (Wildman–Crippen LogP) is 5.15. The Morgan fingerprint density at radius 2 is 1.81 bits per heavy atom. The number of amides is 2. The van der Waals surface area contributed by atoms with Crippen LogP contribution in [0.25, 0.3) is 0 Å². The Bertz CT molecular complexity index is 1390. The van der Waals surface area contributed by atoms with E-state index >= 15 is 0 Å². The van der Waals surface area contributed by atoms with Gasteiger partial charge < -0.3 is 10.1 Å². The van der Waals surface area contributed by atoms with E-state index in [9.17, 15) is 18.4 Å². The van der Waals surface area contributed by atoms with Crippen LogP contribution in [-0.4, -0.2) is 40.1 Å². The number of aliphatic imine (C=N–C) groups is 1. The number of carbonyl (C=O) groups excluding carboxylic acids is 2. The molecule has 37 heavy (non-hydrogen) atoms. The number of hydrogen-bond donors (Lipinski definition) is 1. The fourth-order valence-electron chi connectivity index (χ4n) is 4.13. The van der Waals surface area contributed by atoms with Crippen LogP contribution in [0.3, 0.4) is 0 Å². The number of benzene rings is 3. The average molecular weight is 521 g/mol. The van der Waals surface area contributed by atoms with E-state index in [1.807, 2.05) is 24.3 Å². The number of amidine groups is 1. The summed E-state index contributed by atoms with van der Waals surface area (Å²) in [6.07, 6.45) is 0.338. The van der Waals surface area contributed by atoms with Gasteiger partial charge in [0.05, 0.1) is 24.6 Å². The highest BCUT2D eigenvalue weighted by atomic mass is 32.2. The number of hydrazone groups is 1. The first-order chi connectivity index (χ1) is 17.9. The summed E-state index contributed by atoms with van der Waals surface area (Å²) in [5.74, 6) is -1.14. The zero-order chi connectivity index (χ0) is 25.9. The highest BCUT2D eigenvalue weighted by Crippen LogP contribution is 2.39. The average Bonchev–Trinajstić information content (AvgIpc) is 3.50. The third-order valence-electron chi connectivity index (χ3n) is 6.03. The van der Waals surface area contributed by atoms with Crippen LogP contribution in [0.1, 0.15) is 30.0 Å². The first kappa shape index (κ1) is 24.6. The Morgan fingerprint density at radius 1 is 1.08 bits per heavy atom. The molecule has 5 rings (SSSR count). The molecule has 2 amide bonds. The van der Waals surface area contributed by atoms with E-state index in [-0.39, 0.29) is 24.0 Å². The minimum Gasteiger partial charge on any atom is -0.497 e. The molecule has 0 saturated carbocycles. The van der Waals surface area contributed by atoms with Crippen molar-refractivity contribution in [3.8, 4) is 5.75 Å². The molecule has 0 unspecified atom stereocenters. The second kappa shape index (κ2) is 10.5. The van der Waals surface area contributed by atoms with E-state index < -0.39 is 22.9 Å². The van der Waals surface area contributed by atoms with Gasteiger partial charge in [0, 0.05) is 12.8 Å². The normalized spacial score (nSPS) is 19.0. The second-order valence-electron chi connectivity index (χ2n) is 8.46. The number of methoxy groups -OCH3 is 1. The summed E-state index contributed by atoms with van der Waals surface area (Å²) in [7, 11) is 1.59. The number of ether oxygens (including phenoxy) is 1. The van der Waals surface area contributed by atoms with Gasteiger partial charge in [-0.3, -0.25) is 9.59 Å². The lowest BCUT2D eigenvalue weighted by molar-refractivity contribution is -0.121. The summed E-state index contributed by atoms with van der Waals surface area (Å²) < 4.78 is 32.6. The lowest BCUT2D eigenvalue weighted by Crippen LogP contribution is -2.25. The van der Waals surface area contributed by atoms with Crippen molar-refractivity contribution in [2.75, 3.05) is 12.4 Å². The molecule has 2 aliphatic heterocycles. The standard InChI is InChI=1S/C27H22F2N4O3S/c1-36-19-12-8-17(9-13-19)23-14-22(16-6-10-18(28)11-7-16)32-33(23)27-31-26(35)24(37-27)15-25(34)30-21-5-3-2-4-20(21)29/h2-13,23-24H,14-15H2,1H3,(H,30,34)/t23-,24-/m0/s1. The molecule has 2 heterocycles. The van der Waals surface area contributed by atoms with Crippen molar-refractivity contribution in [3.63, 3.8) is 0 Å². The molecule has 188 valence electrons. The second-order valence-corrected chi connectivity index (χ2v) is 9.63. The maximum absolute atomic E-state index is 13.9. The molecule has 0 bridgehead atoms. The molecule has 0 spiro atoms. The van der Waals surface area contributed by atoms with E-state index in [1.165, 1.54) is 30.3 Å². The zero-order valence-corrected chi connectivity index (χ0v) is 20.5. The van der Waals surface area contributed by atoms with Gasteiger partial charge >= 0.3 is 0 Å². The van der Waals surface area contributed by atoms with Crippen molar-refractivity contribution in [3.05, 3.63) is 95.6 Å². The Balaban J connectivity index is 1.36. The Labute approximate surface area is 216 Å². The fraction of sp³-hybridized carbons (Fsp3) is 0.185.